The standard InChI is InChI=1S/C33H24Cl2F3N3O3/c1-41(25-10-8-24(35)9-11-25)26-12-13-29(39-18-26)31(42)21-3-2-20(28(15-21)32(43)44)14-22-17-40-30(33(36,37)38)16-27(22)19-4-6-23(34)7-5-19/h2-13,15-16,18,22H,14,17H2,1H3,(H,43,44). The van der Waals surface area contributed by atoms with E-state index in [9.17, 15) is 27.9 Å². The number of nitrogens with zero attached hydrogens (tertiary/aromatic N) is 3. The van der Waals surface area contributed by atoms with Gasteiger partial charge < -0.3 is 10.0 Å². The molecule has 1 aliphatic heterocycles. The van der Waals surface area contributed by atoms with E-state index in [2.05, 4.69) is 9.98 Å². The molecule has 0 amide bonds. The van der Waals surface area contributed by atoms with E-state index >= 15 is 0 Å². The molecule has 0 radical (unpaired) electrons. The predicted octanol–water partition coefficient (Wildman–Crippen LogP) is 8.34. The van der Waals surface area contributed by atoms with Crippen LogP contribution in [0.25, 0.3) is 5.57 Å². The van der Waals surface area contributed by atoms with E-state index in [4.69, 9.17) is 23.2 Å². The van der Waals surface area contributed by atoms with Crippen molar-refractivity contribution in [1.82, 2.24) is 4.98 Å². The number of carboxylic acids is 1. The Morgan fingerprint density at radius 2 is 1.57 bits per heavy atom. The number of pyridine rings is 1. The highest BCUT2D eigenvalue weighted by Gasteiger charge is 2.37. The van der Waals surface area contributed by atoms with Gasteiger partial charge in [0, 0.05) is 40.8 Å². The van der Waals surface area contributed by atoms with Gasteiger partial charge in [-0.3, -0.25) is 14.8 Å². The average Bonchev–Trinajstić information content (AvgIpc) is 3.01. The first kappa shape index (κ1) is 31.0. The van der Waals surface area contributed by atoms with Crippen molar-refractivity contribution in [2.45, 2.75) is 12.6 Å². The summed E-state index contributed by atoms with van der Waals surface area (Å²) in [5.41, 5.74) is 1.94. The number of dihydropyridines is 1. The van der Waals surface area contributed by atoms with Crippen molar-refractivity contribution >= 4 is 57.6 Å². The van der Waals surface area contributed by atoms with Gasteiger partial charge in [-0.25, -0.2) is 4.79 Å². The van der Waals surface area contributed by atoms with Crippen molar-refractivity contribution in [1.29, 1.82) is 0 Å². The summed E-state index contributed by atoms with van der Waals surface area (Å²) in [5.74, 6) is -2.29. The first-order chi connectivity index (χ1) is 20.9. The highest BCUT2D eigenvalue weighted by Crippen LogP contribution is 2.35. The molecule has 0 bridgehead atoms. The number of hydrogen-bond acceptors (Lipinski definition) is 5. The maximum absolute atomic E-state index is 13.5. The van der Waals surface area contributed by atoms with Gasteiger partial charge in [0.2, 0.25) is 5.78 Å². The van der Waals surface area contributed by atoms with E-state index in [1.54, 1.807) is 48.5 Å². The lowest BCUT2D eigenvalue weighted by Gasteiger charge is -2.25. The molecule has 5 rings (SSSR count). The van der Waals surface area contributed by atoms with Crippen LogP contribution < -0.4 is 4.90 Å². The van der Waals surface area contributed by atoms with Crippen molar-refractivity contribution in [2.75, 3.05) is 18.5 Å². The maximum Gasteiger partial charge on any atom is 0.432 e. The number of anilines is 2. The third-order valence-corrected chi connectivity index (χ3v) is 7.84. The van der Waals surface area contributed by atoms with Gasteiger partial charge in [0.1, 0.15) is 11.4 Å². The van der Waals surface area contributed by atoms with Crippen LogP contribution >= 0.6 is 23.2 Å². The molecule has 0 spiro atoms. The zero-order chi connectivity index (χ0) is 31.6. The Kier molecular flexibility index (Phi) is 8.90. The number of halogens is 5. The van der Waals surface area contributed by atoms with E-state index in [-0.39, 0.29) is 29.8 Å². The fraction of sp³-hybridized carbons (Fsp3) is 0.152. The Morgan fingerprint density at radius 3 is 2.16 bits per heavy atom. The highest BCUT2D eigenvalue weighted by atomic mass is 35.5. The van der Waals surface area contributed by atoms with Gasteiger partial charge in [-0.1, -0.05) is 47.5 Å². The summed E-state index contributed by atoms with van der Waals surface area (Å²) in [6.07, 6.45) is -2.01. The van der Waals surface area contributed by atoms with E-state index in [0.29, 0.717) is 26.7 Å². The van der Waals surface area contributed by atoms with Gasteiger partial charge in [0.15, 0.2) is 0 Å². The fourth-order valence-corrected chi connectivity index (χ4v) is 5.22. The molecule has 6 nitrogen and oxygen atoms in total. The van der Waals surface area contributed by atoms with E-state index in [1.807, 2.05) is 24.1 Å². The number of rotatable bonds is 8. The maximum atomic E-state index is 13.5. The first-order valence-electron chi connectivity index (χ1n) is 13.4. The van der Waals surface area contributed by atoms with Gasteiger partial charge in [0.05, 0.1) is 17.4 Å². The predicted molar refractivity (Wildman–Crippen MR) is 166 cm³/mol. The van der Waals surface area contributed by atoms with Gasteiger partial charge in [0.25, 0.3) is 0 Å². The van der Waals surface area contributed by atoms with Crippen molar-refractivity contribution in [3.05, 3.63) is 129 Å². The lowest BCUT2D eigenvalue weighted by molar-refractivity contribution is -0.0580. The second-order valence-electron chi connectivity index (χ2n) is 10.2. The Balaban J connectivity index is 1.39. The summed E-state index contributed by atoms with van der Waals surface area (Å²) in [6, 6.07) is 21.2. The molecule has 44 heavy (non-hydrogen) atoms. The molecule has 0 aliphatic carbocycles. The molecular weight excluding hydrogens is 614 g/mol. The number of ketones is 1. The second-order valence-corrected chi connectivity index (χ2v) is 11.0. The molecule has 224 valence electrons. The van der Waals surface area contributed by atoms with Gasteiger partial charge in [-0.2, -0.15) is 13.2 Å². The third-order valence-electron chi connectivity index (χ3n) is 7.33. The van der Waals surface area contributed by atoms with Crippen molar-refractivity contribution < 1.29 is 27.9 Å². The van der Waals surface area contributed by atoms with Crippen molar-refractivity contribution in [3.8, 4) is 0 Å². The molecule has 1 aliphatic rings. The molecule has 11 heteroatoms. The molecule has 1 N–H and O–H groups in total. The summed E-state index contributed by atoms with van der Waals surface area (Å²) >= 11 is 12.0. The van der Waals surface area contributed by atoms with Crippen LogP contribution in [0.4, 0.5) is 24.5 Å². The summed E-state index contributed by atoms with van der Waals surface area (Å²) in [4.78, 5) is 35.5. The lowest BCUT2D eigenvalue weighted by Crippen LogP contribution is -2.27. The zero-order valence-electron chi connectivity index (χ0n) is 23.1. The monoisotopic (exact) mass is 637 g/mol. The molecule has 1 atom stereocenters. The van der Waals surface area contributed by atoms with Crippen LogP contribution in [0.1, 0.15) is 37.5 Å². The average molecular weight is 638 g/mol. The Bertz CT molecular complexity index is 1770. The van der Waals surface area contributed by atoms with Crippen molar-refractivity contribution in [2.24, 2.45) is 10.9 Å². The summed E-state index contributed by atoms with van der Waals surface area (Å²) in [6.45, 7) is -0.191. The molecular formula is C33H24Cl2F3N3O3. The number of carboxylic acid groups (broad SMARTS) is 1. The molecule has 0 saturated heterocycles. The summed E-state index contributed by atoms with van der Waals surface area (Å²) < 4.78 is 40.5. The number of allylic oxidation sites excluding steroid dienone is 1. The number of benzene rings is 3. The molecule has 2 heterocycles. The highest BCUT2D eigenvalue weighted by molar-refractivity contribution is 6.31. The SMILES string of the molecule is CN(c1ccc(Cl)cc1)c1ccc(C(=O)c2ccc(CC3CN=C(C(F)(F)F)C=C3c3ccc(Cl)cc3)c(C(=O)O)c2)nc1. The summed E-state index contributed by atoms with van der Waals surface area (Å²) in [7, 11) is 1.84. The van der Waals surface area contributed by atoms with Gasteiger partial charge in [-0.15, -0.1) is 0 Å². The molecule has 3 aromatic carbocycles. The molecule has 1 unspecified atom stereocenters. The number of hydrogen-bond donors (Lipinski definition) is 1. The number of aromatic carboxylic acids is 1. The smallest absolute Gasteiger partial charge is 0.432 e. The van der Waals surface area contributed by atoms with E-state index < -0.39 is 29.6 Å². The number of aromatic nitrogens is 1. The van der Waals surface area contributed by atoms with Crippen LogP contribution in [0.15, 0.2) is 96.1 Å². The zero-order valence-corrected chi connectivity index (χ0v) is 24.7. The van der Waals surface area contributed by atoms with Crippen LogP contribution in [-0.2, 0) is 6.42 Å². The number of aliphatic imine (C=N–C) groups is 1. The van der Waals surface area contributed by atoms with Crippen LogP contribution in [0.5, 0.6) is 0 Å². The number of carbonyl (C=O) groups is 2. The van der Waals surface area contributed by atoms with E-state index in [0.717, 1.165) is 17.5 Å². The van der Waals surface area contributed by atoms with E-state index in [1.165, 1.54) is 24.4 Å². The fourth-order valence-electron chi connectivity index (χ4n) is 4.97. The largest absolute Gasteiger partial charge is 0.478 e. The lowest BCUT2D eigenvalue weighted by atomic mass is 9.83. The quantitative estimate of drug-likeness (QED) is 0.196. The topological polar surface area (TPSA) is 82.9 Å². The Labute approximate surface area is 261 Å². The van der Waals surface area contributed by atoms with Gasteiger partial charge >= 0.3 is 12.1 Å². The number of alkyl halides is 3. The number of carbonyl (C=O) groups excluding carboxylic acids is 1. The normalized spacial score (nSPS) is 14.9. The van der Waals surface area contributed by atoms with Gasteiger partial charge in [-0.05, 0) is 83.8 Å². The Hall–Kier alpha value is -4.47. The van der Waals surface area contributed by atoms with Crippen LogP contribution in [0.2, 0.25) is 10.0 Å². The molecule has 0 saturated carbocycles. The minimum atomic E-state index is -4.63. The third kappa shape index (κ3) is 6.85. The van der Waals surface area contributed by atoms with Crippen LogP contribution in [0, 0.1) is 5.92 Å². The van der Waals surface area contributed by atoms with Crippen LogP contribution in [-0.4, -0.2) is 47.3 Å². The first-order valence-corrected chi connectivity index (χ1v) is 14.1. The Morgan fingerprint density at radius 1 is 0.932 bits per heavy atom. The van der Waals surface area contributed by atoms with Crippen molar-refractivity contribution in [3.63, 3.8) is 0 Å². The minimum Gasteiger partial charge on any atom is -0.478 e. The van der Waals surface area contributed by atoms with Crippen LogP contribution in [0.3, 0.4) is 0 Å². The summed E-state index contributed by atoms with van der Waals surface area (Å²) in [5, 5.41) is 11.0. The second kappa shape index (κ2) is 12.6. The molecule has 4 aromatic rings. The minimum absolute atomic E-state index is 0.0865. The molecule has 0 fully saturated rings. The molecule has 1 aromatic heterocycles.